The summed E-state index contributed by atoms with van der Waals surface area (Å²) in [7, 11) is 0. The maximum Gasteiger partial charge on any atom is 0.224 e. The number of carbonyl (C=O) groups excluding carboxylic acids is 1. The average Bonchev–Trinajstić information content (AvgIpc) is 3.31. The van der Waals surface area contributed by atoms with E-state index in [0.29, 0.717) is 17.5 Å². The number of hydrogen-bond acceptors (Lipinski definition) is 3. The second kappa shape index (κ2) is 5.87. The molecule has 2 unspecified atom stereocenters. The molecule has 0 radical (unpaired) electrons. The minimum absolute atomic E-state index is 0.0988. The number of hydrogen-bond donors (Lipinski definition) is 3. The van der Waals surface area contributed by atoms with Gasteiger partial charge >= 0.3 is 0 Å². The quantitative estimate of drug-likeness (QED) is 0.759. The first-order chi connectivity index (χ1) is 11.0. The number of amides is 1. The molecule has 3 rings (SSSR count). The van der Waals surface area contributed by atoms with Gasteiger partial charge in [-0.1, -0.05) is 12.1 Å². The van der Waals surface area contributed by atoms with E-state index in [0.717, 1.165) is 12.1 Å². The molecule has 0 aromatic heterocycles. The van der Waals surface area contributed by atoms with E-state index >= 15 is 0 Å². The van der Waals surface area contributed by atoms with Crippen molar-refractivity contribution in [3.63, 3.8) is 0 Å². The van der Waals surface area contributed by atoms with Gasteiger partial charge in [0.25, 0.3) is 0 Å². The van der Waals surface area contributed by atoms with Gasteiger partial charge in [-0.25, -0.2) is 8.78 Å². The van der Waals surface area contributed by atoms with Crippen molar-refractivity contribution in [1.29, 1.82) is 0 Å². The third-order valence-electron chi connectivity index (χ3n) is 4.01. The molecule has 0 saturated heterocycles. The molecule has 1 aliphatic carbocycles. The Morgan fingerprint density at radius 3 is 2.57 bits per heavy atom. The number of phenolic OH excluding ortho intramolecular Hbond substituents is 2. The van der Waals surface area contributed by atoms with Crippen molar-refractivity contribution in [3.05, 3.63) is 59.2 Å². The van der Waals surface area contributed by atoms with Crippen LogP contribution in [0.4, 0.5) is 8.78 Å². The third kappa shape index (κ3) is 3.26. The van der Waals surface area contributed by atoms with Crippen LogP contribution in [0.25, 0.3) is 0 Å². The van der Waals surface area contributed by atoms with Crippen molar-refractivity contribution in [2.75, 3.05) is 0 Å². The minimum atomic E-state index is -0.909. The highest BCUT2D eigenvalue weighted by Crippen LogP contribution is 2.47. The van der Waals surface area contributed by atoms with E-state index in [-0.39, 0.29) is 35.8 Å². The fourth-order valence-corrected chi connectivity index (χ4v) is 2.60. The number of benzene rings is 2. The first-order valence-electron chi connectivity index (χ1n) is 7.19. The number of nitrogens with one attached hydrogen (secondary N) is 1. The molecule has 3 N–H and O–H groups in total. The van der Waals surface area contributed by atoms with Gasteiger partial charge in [0, 0.05) is 12.5 Å². The largest absolute Gasteiger partial charge is 0.504 e. The maximum absolute atomic E-state index is 13.2. The lowest BCUT2D eigenvalue weighted by molar-refractivity contribution is -0.122. The van der Waals surface area contributed by atoms with Gasteiger partial charge in [0.1, 0.15) is 0 Å². The van der Waals surface area contributed by atoms with Crippen molar-refractivity contribution in [2.24, 2.45) is 5.92 Å². The van der Waals surface area contributed by atoms with Crippen LogP contribution in [0.15, 0.2) is 36.4 Å². The number of phenols is 2. The van der Waals surface area contributed by atoms with Crippen LogP contribution in [0.1, 0.15) is 23.5 Å². The first kappa shape index (κ1) is 15.3. The molecule has 6 heteroatoms. The Kier molecular flexibility index (Phi) is 3.90. The van der Waals surface area contributed by atoms with Crippen LogP contribution in [0.2, 0.25) is 0 Å². The molecule has 4 nitrogen and oxygen atoms in total. The van der Waals surface area contributed by atoms with Crippen molar-refractivity contribution in [3.8, 4) is 11.5 Å². The Morgan fingerprint density at radius 2 is 1.87 bits per heavy atom. The summed E-state index contributed by atoms with van der Waals surface area (Å²) in [5.41, 5.74) is 1.27. The summed E-state index contributed by atoms with van der Waals surface area (Å²) in [6.07, 6.45) is 0.595. The summed E-state index contributed by atoms with van der Waals surface area (Å²) in [5, 5.41) is 21.4. The molecule has 0 bridgehead atoms. The number of carbonyl (C=O) groups is 1. The lowest BCUT2D eigenvalue weighted by Crippen LogP contribution is -2.24. The average molecular weight is 319 g/mol. The van der Waals surface area contributed by atoms with Crippen LogP contribution in [0.3, 0.4) is 0 Å². The summed E-state index contributed by atoms with van der Waals surface area (Å²) in [6.45, 7) is 0.216. The molecule has 1 saturated carbocycles. The van der Waals surface area contributed by atoms with E-state index in [1.165, 1.54) is 18.2 Å². The van der Waals surface area contributed by atoms with Crippen LogP contribution < -0.4 is 5.32 Å². The van der Waals surface area contributed by atoms with E-state index in [4.69, 9.17) is 0 Å². The molecule has 0 spiro atoms. The predicted octanol–water partition coefficient (Wildman–Crippen LogP) is 2.80. The highest BCUT2D eigenvalue weighted by molar-refractivity contribution is 5.82. The Labute approximate surface area is 131 Å². The molecule has 120 valence electrons. The van der Waals surface area contributed by atoms with Gasteiger partial charge in [-0.2, -0.15) is 0 Å². The molecule has 2 atom stereocenters. The normalized spacial score (nSPS) is 19.4. The molecule has 0 heterocycles. The summed E-state index contributed by atoms with van der Waals surface area (Å²) < 4.78 is 26.1. The first-order valence-corrected chi connectivity index (χ1v) is 7.19. The Hall–Kier alpha value is -2.63. The van der Waals surface area contributed by atoms with E-state index in [9.17, 15) is 23.8 Å². The zero-order chi connectivity index (χ0) is 16.6. The molecular weight excluding hydrogens is 304 g/mol. The molecule has 2 aromatic carbocycles. The van der Waals surface area contributed by atoms with Crippen molar-refractivity contribution in [1.82, 2.24) is 5.32 Å². The van der Waals surface area contributed by atoms with Gasteiger partial charge < -0.3 is 15.5 Å². The van der Waals surface area contributed by atoms with Crippen molar-refractivity contribution < 1.29 is 23.8 Å². The van der Waals surface area contributed by atoms with E-state index in [1.807, 2.05) is 0 Å². The Balaban J connectivity index is 1.57. The van der Waals surface area contributed by atoms with Crippen LogP contribution in [0.5, 0.6) is 11.5 Å². The lowest BCUT2D eigenvalue weighted by Gasteiger charge is -2.07. The molecule has 0 aliphatic heterocycles. The number of aromatic hydroxyl groups is 2. The maximum atomic E-state index is 13.2. The lowest BCUT2D eigenvalue weighted by atomic mass is 10.1. The molecule has 1 fully saturated rings. The van der Waals surface area contributed by atoms with Crippen molar-refractivity contribution in [2.45, 2.75) is 18.9 Å². The second-order valence-electron chi connectivity index (χ2n) is 5.66. The summed E-state index contributed by atoms with van der Waals surface area (Å²) in [5.74, 6) is -2.81. The minimum Gasteiger partial charge on any atom is -0.504 e. The van der Waals surface area contributed by atoms with Gasteiger partial charge in [-0.05, 0) is 47.7 Å². The fourth-order valence-electron chi connectivity index (χ4n) is 2.60. The van der Waals surface area contributed by atoms with Crippen LogP contribution >= 0.6 is 0 Å². The van der Waals surface area contributed by atoms with E-state index < -0.39 is 11.6 Å². The highest BCUT2D eigenvalue weighted by Gasteiger charge is 2.44. The summed E-state index contributed by atoms with van der Waals surface area (Å²) in [6, 6.07) is 8.00. The van der Waals surface area contributed by atoms with Crippen LogP contribution in [-0.4, -0.2) is 16.1 Å². The van der Waals surface area contributed by atoms with E-state index in [1.54, 1.807) is 6.07 Å². The van der Waals surface area contributed by atoms with Gasteiger partial charge in [-0.15, -0.1) is 0 Å². The number of rotatable bonds is 4. The van der Waals surface area contributed by atoms with Gasteiger partial charge in [0.05, 0.1) is 0 Å². The Morgan fingerprint density at radius 1 is 1.09 bits per heavy atom. The third-order valence-corrected chi connectivity index (χ3v) is 4.01. The van der Waals surface area contributed by atoms with Gasteiger partial charge in [0.15, 0.2) is 23.1 Å². The highest BCUT2D eigenvalue weighted by atomic mass is 19.2. The fraction of sp³-hybridized carbons (Fsp3) is 0.235. The second-order valence-corrected chi connectivity index (χ2v) is 5.66. The number of halogens is 2. The zero-order valence-corrected chi connectivity index (χ0v) is 12.1. The molecule has 1 aliphatic rings. The standard InChI is InChI=1S/C17H15F2NO3/c18-13-3-2-10(6-14(13)19)11-7-12(11)17(23)20-8-9-1-4-15(21)16(22)5-9/h1-6,11-12,21-22H,7-8H2,(H,20,23). The van der Waals surface area contributed by atoms with Gasteiger partial charge in [-0.3, -0.25) is 4.79 Å². The molecule has 2 aromatic rings. The Bertz CT molecular complexity index is 763. The summed E-state index contributed by atoms with van der Waals surface area (Å²) in [4.78, 5) is 12.1. The monoisotopic (exact) mass is 319 g/mol. The topological polar surface area (TPSA) is 69.6 Å². The summed E-state index contributed by atoms with van der Waals surface area (Å²) >= 11 is 0. The predicted molar refractivity (Wildman–Crippen MR) is 78.8 cm³/mol. The van der Waals surface area contributed by atoms with Gasteiger partial charge in [0.2, 0.25) is 5.91 Å². The van der Waals surface area contributed by atoms with Crippen molar-refractivity contribution >= 4 is 5.91 Å². The molecular formula is C17H15F2NO3. The SMILES string of the molecule is O=C(NCc1ccc(O)c(O)c1)C1CC1c1ccc(F)c(F)c1. The van der Waals surface area contributed by atoms with Crippen LogP contribution in [-0.2, 0) is 11.3 Å². The smallest absolute Gasteiger partial charge is 0.224 e. The van der Waals surface area contributed by atoms with Crippen LogP contribution in [0, 0.1) is 17.6 Å². The molecule has 1 amide bonds. The van der Waals surface area contributed by atoms with E-state index in [2.05, 4.69) is 5.32 Å². The zero-order valence-electron chi connectivity index (χ0n) is 12.1. The molecule has 23 heavy (non-hydrogen) atoms.